The largest absolute Gasteiger partial charge is 0.340 e. The third-order valence-corrected chi connectivity index (χ3v) is 1.94. The summed E-state index contributed by atoms with van der Waals surface area (Å²) in [6, 6.07) is 0.316. The van der Waals surface area contributed by atoms with Crippen LogP contribution in [0.2, 0.25) is 0 Å². The molecule has 0 aromatic heterocycles. The molecule has 64 valence electrons. The molecule has 0 aromatic rings. The highest BCUT2D eigenvalue weighted by Gasteiger charge is 2.24. The van der Waals surface area contributed by atoms with Crippen LogP contribution >= 0.6 is 0 Å². The Morgan fingerprint density at radius 3 is 2.64 bits per heavy atom. The molecule has 0 bridgehead atoms. The van der Waals surface area contributed by atoms with Gasteiger partial charge in [0.2, 0.25) is 5.91 Å². The number of hydrogen-bond donors (Lipinski definition) is 2. The van der Waals surface area contributed by atoms with Gasteiger partial charge in [-0.3, -0.25) is 10.1 Å². The van der Waals surface area contributed by atoms with Gasteiger partial charge in [-0.1, -0.05) is 13.8 Å². The molecule has 0 spiro atoms. The molecule has 3 nitrogen and oxygen atoms in total. The van der Waals surface area contributed by atoms with E-state index in [0.717, 1.165) is 0 Å². The fraction of sp³-hybridized carbons (Fsp3) is 0.875. The number of nitrogens with one attached hydrogen (secondary N) is 2. The van der Waals surface area contributed by atoms with Crippen molar-refractivity contribution in [2.45, 2.75) is 39.4 Å². The van der Waals surface area contributed by atoms with Crippen LogP contribution in [-0.4, -0.2) is 18.1 Å². The average Bonchev–Trinajstić information content (AvgIpc) is 1.85. The number of hydrogen-bond acceptors (Lipinski definition) is 2. The van der Waals surface area contributed by atoms with E-state index in [2.05, 4.69) is 24.5 Å². The van der Waals surface area contributed by atoms with E-state index in [0.29, 0.717) is 18.4 Å². The first-order valence-electron chi connectivity index (χ1n) is 4.15. The highest BCUT2D eigenvalue weighted by Crippen LogP contribution is 2.06. The van der Waals surface area contributed by atoms with Gasteiger partial charge in [-0.15, -0.1) is 0 Å². The Bertz CT molecular complexity index is 156. The molecular weight excluding hydrogens is 140 g/mol. The summed E-state index contributed by atoms with van der Waals surface area (Å²) in [4.78, 5) is 11.0. The minimum absolute atomic E-state index is 0.159. The summed E-state index contributed by atoms with van der Waals surface area (Å²) in [5.41, 5.74) is 0. The zero-order valence-electron chi connectivity index (χ0n) is 7.35. The maximum Gasteiger partial charge on any atom is 0.222 e. The second-order valence-corrected chi connectivity index (χ2v) is 3.56. The Labute approximate surface area is 67.5 Å². The zero-order chi connectivity index (χ0) is 8.43. The minimum atomic E-state index is 0.159. The smallest absolute Gasteiger partial charge is 0.222 e. The lowest BCUT2D eigenvalue weighted by Gasteiger charge is -2.32. The van der Waals surface area contributed by atoms with E-state index in [9.17, 15) is 4.79 Å². The van der Waals surface area contributed by atoms with Crippen molar-refractivity contribution in [1.29, 1.82) is 0 Å². The lowest BCUT2D eigenvalue weighted by Crippen LogP contribution is -2.57. The van der Waals surface area contributed by atoms with Gasteiger partial charge in [-0.05, 0) is 12.8 Å². The van der Waals surface area contributed by atoms with Gasteiger partial charge in [0.1, 0.15) is 0 Å². The predicted molar refractivity (Wildman–Crippen MR) is 44.0 cm³/mol. The summed E-state index contributed by atoms with van der Waals surface area (Å²) < 4.78 is 0. The SMILES string of the molecule is CC1CC(=O)NC(C(C)C)N1. The zero-order valence-corrected chi connectivity index (χ0v) is 7.35. The topological polar surface area (TPSA) is 41.1 Å². The second kappa shape index (κ2) is 3.22. The number of amides is 1. The van der Waals surface area contributed by atoms with Crippen LogP contribution in [0, 0.1) is 5.92 Å². The van der Waals surface area contributed by atoms with Crippen molar-refractivity contribution < 1.29 is 4.79 Å². The molecule has 3 heteroatoms. The van der Waals surface area contributed by atoms with Gasteiger partial charge in [0.05, 0.1) is 6.17 Å². The average molecular weight is 156 g/mol. The lowest BCUT2D eigenvalue weighted by atomic mass is 10.1. The Hall–Kier alpha value is -0.570. The Morgan fingerprint density at radius 1 is 1.55 bits per heavy atom. The van der Waals surface area contributed by atoms with Gasteiger partial charge in [-0.2, -0.15) is 0 Å². The lowest BCUT2D eigenvalue weighted by molar-refractivity contribution is -0.124. The van der Waals surface area contributed by atoms with Crippen molar-refractivity contribution in [3.63, 3.8) is 0 Å². The van der Waals surface area contributed by atoms with Crippen molar-refractivity contribution in [3.05, 3.63) is 0 Å². The minimum Gasteiger partial charge on any atom is -0.340 e. The molecule has 11 heavy (non-hydrogen) atoms. The first-order chi connectivity index (χ1) is 5.09. The van der Waals surface area contributed by atoms with Gasteiger partial charge >= 0.3 is 0 Å². The molecule has 0 radical (unpaired) electrons. The van der Waals surface area contributed by atoms with E-state index in [-0.39, 0.29) is 12.1 Å². The number of carbonyl (C=O) groups excluding carboxylic acids is 1. The van der Waals surface area contributed by atoms with E-state index in [1.165, 1.54) is 0 Å². The molecule has 0 saturated carbocycles. The Kier molecular flexibility index (Phi) is 2.49. The number of rotatable bonds is 1. The molecule has 2 N–H and O–H groups in total. The fourth-order valence-corrected chi connectivity index (χ4v) is 1.28. The Morgan fingerprint density at radius 2 is 2.18 bits per heavy atom. The van der Waals surface area contributed by atoms with Crippen LogP contribution in [-0.2, 0) is 4.79 Å². The summed E-state index contributed by atoms with van der Waals surface area (Å²) in [7, 11) is 0. The molecule has 1 aliphatic rings. The standard InChI is InChI=1S/C8H16N2O/c1-5(2)8-9-6(3)4-7(11)10-8/h5-6,8-9H,4H2,1-3H3,(H,10,11). The maximum absolute atomic E-state index is 11.0. The van der Waals surface area contributed by atoms with Gasteiger partial charge in [0.15, 0.2) is 0 Å². The van der Waals surface area contributed by atoms with Gasteiger partial charge < -0.3 is 5.32 Å². The third kappa shape index (κ3) is 2.19. The molecule has 0 aliphatic carbocycles. The molecule has 1 saturated heterocycles. The van der Waals surface area contributed by atoms with Crippen LogP contribution in [0.4, 0.5) is 0 Å². The van der Waals surface area contributed by atoms with E-state index < -0.39 is 0 Å². The highest BCUT2D eigenvalue weighted by atomic mass is 16.2. The highest BCUT2D eigenvalue weighted by molar-refractivity contribution is 5.77. The van der Waals surface area contributed by atoms with Crippen molar-refractivity contribution in [2.24, 2.45) is 5.92 Å². The van der Waals surface area contributed by atoms with Crippen molar-refractivity contribution in [3.8, 4) is 0 Å². The first-order valence-corrected chi connectivity index (χ1v) is 4.15. The molecule has 1 heterocycles. The van der Waals surface area contributed by atoms with Crippen LogP contribution in [0.15, 0.2) is 0 Å². The summed E-state index contributed by atoms with van der Waals surface area (Å²) in [6.45, 7) is 6.22. The summed E-state index contributed by atoms with van der Waals surface area (Å²) in [5.74, 6) is 0.622. The number of carbonyl (C=O) groups is 1. The van der Waals surface area contributed by atoms with Crippen LogP contribution in [0.1, 0.15) is 27.2 Å². The quantitative estimate of drug-likeness (QED) is 0.579. The molecule has 2 atom stereocenters. The van der Waals surface area contributed by atoms with Gasteiger partial charge in [0.25, 0.3) is 0 Å². The summed E-state index contributed by atoms with van der Waals surface area (Å²) in [6.07, 6.45) is 0.759. The maximum atomic E-state index is 11.0. The first kappa shape index (κ1) is 8.53. The monoisotopic (exact) mass is 156 g/mol. The van der Waals surface area contributed by atoms with Crippen molar-refractivity contribution in [1.82, 2.24) is 10.6 Å². The van der Waals surface area contributed by atoms with Crippen LogP contribution in [0.3, 0.4) is 0 Å². The van der Waals surface area contributed by atoms with E-state index in [1.54, 1.807) is 0 Å². The predicted octanol–water partition coefficient (Wildman–Crippen LogP) is 0.466. The Balaban J connectivity index is 2.49. The van der Waals surface area contributed by atoms with E-state index >= 15 is 0 Å². The molecule has 1 fully saturated rings. The normalized spacial score (nSPS) is 32.2. The third-order valence-electron chi connectivity index (χ3n) is 1.94. The molecule has 2 unspecified atom stereocenters. The van der Waals surface area contributed by atoms with E-state index in [1.807, 2.05) is 6.92 Å². The van der Waals surface area contributed by atoms with Crippen molar-refractivity contribution >= 4 is 5.91 Å². The van der Waals surface area contributed by atoms with Gasteiger partial charge in [0, 0.05) is 12.5 Å². The molecule has 1 aliphatic heterocycles. The molecule has 1 rings (SSSR count). The summed E-state index contributed by atoms with van der Waals surface area (Å²) in [5, 5.41) is 6.21. The van der Waals surface area contributed by atoms with Crippen LogP contribution in [0.25, 0.3) is 0 Å². The molecular formula is C8H16N2O. The second-order valence-electron chi connectivity index (χ2n) is 3.56. The fourth-order valence-electron chi connectivity index (χ4n) is 1.28. The molecule has 1 amide bonds. The van der Waals surface area contributed by atoms with Crippen molar-refractivity contribution in [2.75, 3.05) is 0 Å². The molecule has 0 aromatic carbocycles. The van der Waals surface area contributed by atoms with E-state index in [4.69, 9.17) is 0 Å². The van der Waals surface area contributed by atoms with Crippen LogP contribution in [0.5, 0.6) is 0 Å². The summed E-state index contributed by atoms with van der Waals surface area (Å²) >= 11 is 0. The van der Waals surface area contributed by atoms with Gasteiger partial charge in [-0.25, -0.2) is 0 Å². The van der Waals surface area contributed by atoms with Crippen LogP contribution < -0.4 is 10.6 Å².